The maximum absolute atomic E-state index is 11.7. The third-order valence-electron chi connectivity index (χ3n) is 3.18. The maximum Gasteiger partial charge on any atom is 0.227 e. The van der Waals surface area contributed by atoms with Crippen LogP contribution in [0.2, 0.25) is 0 Å². The van der Waals surface area contributed by atoms with E-state index in [0.29, 0.717) is 5.92 Å². The number of para-hydroxylation sites is 1. The minimum Gasteiger partial charge on any atom is -0.326 e. The number of hydrogen-bond donors (Lipinski definition) is 1. The van der Waals surface area contributed by atoms with Crippen LogP contribution in [-0.4, -0.2) is 5.91 Å². The fourth-order valence-electron chi connectivity index (χ4n) is 1.94. The van der Waals surface area contributed by atoms with Gasteiger partial charge in [0.25, 0.3) is 0 Å². The van der Waals surface area contributed by atoms with E-state index < -0.39 is 0 Å². The molecule has 2 aliphatic rings. The molecule has 2 heteroatoms. The Kier molecular flexibility index (Phi) is 2.01. The van der Waals surface area contributed by atoms with Crippen molar-refractivity contribution >= 4 is 11.6 Å². The molecular formula is C13H15NO. The maximum atomic E-state index is 11.7. The lowest BCUT2D eigenvalue weighted by Gasteiger charge is -2.09. The topological polar surface area (TPSA) is 29.1 Å². The van der Waals surface area contributed by atoms with Crippen molar-refractivity contribution in [2.24, 2.45) is 5.92 Å². The van der Waals surface area contributed by atoms with Gasteiger partial charge in [-0.15, -0.1) is 0 Å². The van der Waals surface area contributed by atoms with Crippen molar-refractivity contribution in [3.05, 3.63) is 29.8 Å². The number of rotatable bonds is 3. The molecule has 1 aromatic rings. The van der Waals surface area contributed by atoms with Gasteiger partial charge in [-0.1, -0.05) is 18.2 Å². The fourth-order valence-corrected chi connectivity index (χ4v) is 1.94. The largest absolute Gasteiger partial charge is 0.326 e. The van der Waals surface area contributed by atoms with Crippen molar-refractivity contribution in [3.8, 4) is 0 Å². The number of carbonyl (C=O) groups is 1. The summed E-state index contributed by atoms with van der Waals surface area (Å²) in [5, 5.41) is 3.05. The van der Waals surface area contributed by atoms with Crippen LogP contribution in [0.3, 0.4) is 0 Å². The summed E-state index contributed by atoms with van der Waals surface area (Å²) in [6.45, 7) is 0. The van der Waals surface area contributed by atoms with E-state index in [2.05, 4.69) is 17.4 Å². The lowest BCUT2D eigenvalue weighted by atomic mass is 10.1. The highest BCUT2D eigenvalue weighted by Crippen LogP contribution is 2.43. The number of hydrogen-bond acceptors (Lipinski definition) is 1. The third-order valence-corrected chi connectivity index (χ3v) is 3.18. The number of amides is 1. The Morgan fingerprint density at radius 1 is 1.13 bits per heavy atom. The van der Waals surface area contributed by atoms with Crippen LogP contribution in [0.4, 0.5) is 5.69 Å². The summed E-state index contributed by atoms with van der Waals surface area (Å²) in [4.78, 5) is 11.7. The number of anilines is 1. The van der Waals surface area contributed by atoms with E-state index in [-0.39, 0.29) is 11.8 Å². The standard InChI is InChI=1S/C13H15NO/c15-13(10-7-8-10)14-12-4-2-1-3-11(12)9-5-6-9/h1-4,9-10H,5-8H2,(H,14,15). The molecule has 0 saturated heterocycles. The smallest absolute Gasteiger partial charge is 0.227 e. The first-order chi connectivity index (χ1) is 7.34. The zero-order chi connectivity index (χ0) is 10.3. The van der Waals surface area contributed by atoms with E-state index in [0.717, 1.165) is 18.5 Å². The molecule has 1 aromatic carbocycles. The number of benzene rings is 1. The quantitative estimate of drug-likeness (QED) is 0.800. The van der Waals surface area contributed by atoms with Crippen LogP contribution in [0.25, 0.3) is 0 Å². The molecule has 0 aromatic heterocycles. The van der Waals surface area contributed by atoms with Gasteiger partial charge < -0.3 is 5.32 Å². The van der Waals surface area contributed by atoms with Gasteiger partial charge in [-0.05, 0) is 43.2 Å². The third kappa shape index (κ3) is 1.89. The van der Waals surface area contributed by atoms with Gasteiger partial charge in [0.2, 0.25) is 5.91 Å². The first-order valence-electron chi connectivity index (χ1n) is 5.74. The zero-order valence-corrected chi connectivity index (χ0v) is 8.70. The van der Waals surface area contributed by atoms with Gasteiger partial charge >= 0.3 is 0 Å². The minimum absolute atomic E-state index is 0.211. The second kappa shape index (κ2) is 3.37. The van der Waals surface area contributed by atoms with Crippen LogP contribution in [0.15, 0.2) is 24.3 Å². The second-order valence-electron chi connectivity index (χ2n) is 4.63. The number of nitrogens with one attached hydrogen (secondary N) is 1. The molecule has 0 radical (unpaired) electrons. The van der Waals surface area contributed by atoms with Gasteiger partial charge in [-0.25, -0.2) is 0 Å². The summed E-state index contributed by atoms with van der Waals surface area (Å²) in [5.41, 5.74) is 2.36. The molecule has 0 heterocycles. The van der Waals surface area contributed by atoms with E-state index in [1.807, 2.05) is 12.1 Å². The molecule has 78 valence electrons. The fraction of sp³-hybridized carbons (Fsp3) is 0.462. The molecule has 0 aliphatic heterocycles. The normalized spacial score (nSPS) is 20.0. The zero-order valence-electron chi connectivity index (χ0n) is 8.70. The average molecular weight is 201 g/mol. The van der Waals surface area contributed by atoms with Crippen LogP contribution in [0, 0.1) is 5.92 Å². The van der Waals surface area contributed by atoms with Gasteiger partial charge in [-0.2, -0.15) is 0 Å². The van der Waals surface area contributed by atoms with Crippen molar-refractivity contribution in [2.45, 2.75) is 31.6 Å². The molecule has 0 spiro atoms. The van der Waals surface area contributed by atoms with Gasteiger partial charge in [0.1, 0.15) is 0 Å². The molecule has 3 rings (SSSR count). The lowest BCUT2D eigenvalue weighted by Crippen LogP contribution is -2.14. The molecule has 1 amide bonds. The highest BCUT2D eigenvalue weighted by atomic mass is 16.2. The predicted molar refractivity (Wildman–Crippen MR) is 59.8 cm³/mol. The summed E-state index contributed by atoms with van der Waals surface area (Å²) >= 11 is 0. The summed E-state index contributed by atoms with van der Waals surface area (Å²) in [6.07, 6.45) is 4.68. The summed E-state index contributed by atoms with van der Waals surface area (Å²) < 4.78 is 0. The Hall–Kier alpha value is -1.31. The van der Waals surface area contributed by atoms with Crippen LogP contribution >= 0.6 is 0 Å². The Balaban J connectivity index is 1.80. The molecule has 1 N–H and O–H groups in total. The molecular weight excluding hydrogens is 186 g/mol. The highest BCUT2D eigenvalue weighted by Gasteiger charge is 2.31. The van der Waals surface area contributed by atoms with E-state index in [9.17, 15) is 4.79 Å². The summed E-state index contributed by atoms with van der Waals surface area (Å²) in [5.74, 6) is 1.20. The van der Waals surface area contributed by atoms with Crippen LogP contribution < -0.4 is 5.32 Å². The van der Waals surface area contributed by atoms with Gasteiger partial charge in [0.15, 0.2) is 0 Å². The van der Waals surface area contributed by atoms with E-state index >= 15 is 0 Å². The summed E-state index contributed by atoms with van der Waals surface area (Å²) in [6, 6.07) is 8.21. The lowest BCUT2D eigenvalue weighted by molar-refractivity contribution is -0.117. The van der Waals surface area contributed by atoms with Crippen molar-refractivity contribution in [1.82, 2.24) is 0 Å². The van der Waals surface area contributed by atoms with E-state index in [1.165, 1.54) is 18.4 Å². The van der Waals surface area contributed by atoms with Crippen LogP contribution in [0.5, 0.6) is 0 Å². The monoisotopic (exact) mass is 201 g/mol. The minimum atomic E-state index is 0.211. The Bertz CT molecular complexity index is 391. The van der Waals surface area contributed by atoms with Gasteiger partial charge in [0.05, 0.1) is 0 Å². The molecule has 2 saturated carbocycles. The highest BCUT2D eigenvalue weighted by molar-refractivity contribution is 5.94. The first kappa shape index (κ1) is 8.96. The van der Waals surface area contributed by atoms with Gasteiger partial charge in [-0.3, -0.25) is 4.79 Å². The predicted octanol–water partition coefficient (Wildman–Crippen LogP) is 2.91. The summed E-state index contributed by atoms with van der Waals surface area (Å²) in [7, 11) is 0. The Labute approximate surface area is 89.7 Å². The Morgan fingerprint density at radius 3 is 2.53 bits per heavy atom. The van der Waals surface area contributed by atoms with Crippen molar-refractivity contribution in [3.63, 3.8) is 0 Å². The van der Waals surface area contributed by atoms with Crippen molar-refractivity contribution in [1.29, 1.82) is 0 Å². The molecule has 0 unspecified atom stereocenters. The number of carbonyl (C=O) groups excluding carboxylic acids is 1. The van der Waals surface area contributed by atoms with Crippen molar-refractivity contribution < 1.29 is 4.79 Å². The molecule has 2 aliphatic carbocycles. The molecule has 2 nitrogen and oxygen atoms in total. The molecule has 0 bridgehead atoms. The molecule has 15 heavy (non-hydrogen) atoms. The average Bonchev–Trinajstić information content (AvgIpc) is 3.11. The molecule has 0 atom stereocenters. The van der Waals surface area contributed by atoms with Crippen LogP contribution in [-0.2, 0) is 4.79 Å². The van der Waals surface area contributed by atoms with E-state index in [1.54, 1.807) is 0 Å². The van der Waals surface area contributed by atoms with Crippen molar-refractivity contribution in [2.75, 3.05) is 5.32 Å². The first-order valence-corrected chi connectivity index (χ1v) is 5.74. The van der Waals surface area contributed by atoms with E-state index in [4.69, 9.17) is 0 Å². The molecule has 2 fully saturated rings. The SMILES string of the molecule is O=C(Nc1ccccc1C1CC1)C1CC1. The van der Waals surface area contributed by atoms with Gasteiger partial charge in [0, 0.05) is 11.6 Å². The Morgan fingerprint density at radius 2 is 1.87 bits per heavy atom. The second-order valence-corrected chi connectivity index (χ2v) is 4.63. The van der Waals surface area contributed by atoms with Crippen LogP contribution in [0.1, 0.15) is 37.2 Å².